The molecule has 0 aromatic carbocycles. The second kappa shape index (κ2) is 35.5. The molecule has 0 aromatic rings. The van der Waals surface area contributed by atoms with Crippen molar-refractivity contribution in [2.24, 2.45) is 0 Å². The first kappa shape index (κ1) is 46.7. The van der Waals surface area contributed by atoms with E-state index in [1.807, 2.05) is 0 Å². The first-order valence-corrected chi connectivity index (χ1v) is 26.7. The summed E-state index contributed by atoms with van der Waals surface area (Å²) in [5.74, 6) is -1.77. The van der Waals surface area contributed by atoms with Crippen LogP contribution >= 0.6 is 17.2 Å². The van der Waals surface area contributed by atoms with Crippen molar-refractivity contribution in [1.82, 2.24) is 0 Å². The van der Waals surface area contributed by atoms with Crippen molar-refractivity contribution in [1.29, 1.82) is 0 Å². The van der Waals surface area contributed by atoms with Gasteiger partial charge in [-0.05, 0) is 0 Å². The Morgan fingerprint density at radius 1 is 0.239 bits per heavy atom. The van der Waals surface area contributed by atoms with Gasteiger partial charge in [0.2, 0.25) is 0 Å². The zero-order valence-corrected chi connectivity index (χ0v) is 34.8. The number of rotatable bonds is 40. The van der Waals surface area contributed by atoms with Crippen LogP contribution in [-0.2, 0) is 0 Å². The Bertz CT molecular complexity index is 555. The maximum absolute atomic E-state index is 6.65. The topological polar surface area (TPSA) is 0 Å². The van der Waals surface area contributed by atoms with Crippen LogP contribution in [0.1, 0.15) is 257 Å². The predicted molar refractivity (Wildman–Crippen MR) is 221 cm³/mol. The zero-order valence-electron chi connectivity index (χ0n) is 33.1. The molecule has 0 saturated carbocycles. The predicted octanol–water partition coefficient (Wildman–Crippen LogP) is 17.8. The van der Waals surface area contributed by atoms with E-state index in [9.17, 15) is 0 Å². The van der Waals surface area contributed by atoms with Crippen molar-refractivity contribution < 1.29 is 0 Å². The molecule has 0 spiro atoms. The van der Waals surface area contributed by atoms with E-state index >= 15 is 0 Å². The molecule has 0 rings (SSSR count). The molecule has 0 N–H and O–H groups in total. The summed E-state index contributed by atoms with van der Waals surface area (Å²) in [5, 5.41) is 0. The molecule has 0 aliphatic heterocycles. The molecule has 0 saturated heterocycles. The van der Waals surface area contributed by atoms with Crippen molar-refractivity contribution in [2.75, 3.05) is 26.2 Å². The third-order valence-corrected chi connectivity index (χ3v) is 12.9. The van der Waals surface area contributed by atoms with E-state index < -0.39 is 5.96 Å². The third-order valence-electron chi connectivity index (χ3n) is 10.5. The molecular formula is C44H92ClP. The Labute approximate surface area is 299 Å². The van der Waals surface area contributed by atoms with Crippen molar-refractivity contribution in [2.45, 2.75) is 257 Å². The van der Waals surface area contributed by atoms with Crippen LogP contribution in [-0.4, -0.2) is 26.2 Å². The van der Waals surface area contributed by atoms with Gasteiger partial charge in [0.15, 0.2) is 0 Å². The van der Waals surface area contributed by atoms with Crippen LogP contribution in [0.2, 0.25) is 0 Å². The zero-order chi connectivity index (χ0) is 33.7. The van der Waals surface area contributed by atoms with E-state index in [1.165, 1.54) is 257 Å². The Balaban J connectivity index is 3.07. The maximum atomic E-state index is 6.65. The van der Waals surface area contributed by atoms with Crippen LogP contribution in [0.25, 0.3) is 0 Å². The van der Waals surface area contributed by atoms with E-state index in [1.54, 1.807) is 0 Å². The standard InChI is InChI=1S/C44H92ClP/c1-5-6-7-8-9-10-11-12-13-14-15-16-17-18-19-20-21-22-23-24-25-26-27-28-29-30-31-32-33-34-35-36-37-38-39-40-41-42-43-44-46(2,3,4)45/h5-44H2,1-4H3. The summed E-state index contributed by atoms with van der Waals surface area (Å²) in [6, 6.07) is 0. The summed E-state index contributed by atoms with van der Waals surface area (Å²) >= 11 is 6.65. The third kappa shape index (κ3) is 44.7. The fourth-order valence-electron chi connectivity index (χ4n) is 7.26. The molecular weight excluding hydrogens is 595 g/mol. The van der Waals surface area contributed by atoms with Crippen LogP contribution in [0.15, 0.2) is 0 Å². The second-order valence-electron chi connectivity index (χ2n) is 17.1. The molecule has 46 heavy (non-hydrogen) atoms. The van der Waals surface area contributed by atoms with Crippen molar-refractivity contribution in [3.63, 3.8) is 0 Å². The van der Waals surface area contributed by atoms with Gasteiger partial charge in [0.25, 0.3) is 0 Å². The molecule has 2 heteroatoms. The average Bonchev–Trinajstić information content (AvgIpc) is 3.01. The summed E-state index contributed by atoms with van der Waals surface area (Å²) in [7, 11) is 0. The monoisotopic (exact) mass is 687 g/mol. The molecule has 0 fully saturated rings. The molecule has 280 valence electrons. The summed E-state index contributed by atoms with van der Waals surface area (Å²) in [4.78, 5) is 0. The van der Waals surface area contributed by atoms with Gasteiger partial charge < -0.3 is 0 Å². The van der Waals surface area contributed by atoms with Crippen molar-refractivity contribution in [3.8, 4) is 0 Å². The fourth-order valence-corrected chi connectivity index (χ4v) is 8.91. The Kier molecular flexibility index (Phi) is 36.1. The number of halogens is 1. The molecule has 0 aliphatic carbocycles. The quantitative estimate of drug-likeness (QED) is 0.0444. The molecule has 0 amide bonds. The summed E-state index contributed by atoms with van der Waals surface area (Å²) < 4.78 is 0. The van der Waals surface area contributed by atoms with Gasteiger partial charge in [0, 0.05) is 0 Å². The van der Waals surface area contributed by atoms with Gasteiger partial charge in [-0.25, -0.2) is 0 Å². The van der Waals surface area contributed by atoms with Crippen molar-refractivity contribution in [3.05, 3.63) is 0 Å². The van der Waals surface area contributed by atoms with Crippen LogP contribution in [0.3, 0.4) is 0 Å². The molecule has 0 aliphatic rings. The fraction of sp³-hybridized carbons (Fsp3) is 1.00. The molecule has 0 bridgehead atoms. The van der Waals surface area contributed by atoms with Gasteiger partial charge in [0.05, 0.1) is 0 Å². The molecule has 0 radical (unpaired) electrons. The molecule has 0 unspecified atom stereocenters. The SMILES string of the molecule is CCCCCCCCCCCCCCCCCCCCCCCCCCCCCCCCCCCCCCCCCP(C)(C)(C)Cl. The minimum absolute atomic E-state index is 1.26. The number of hydrogen-bond acceptors (Lipinski definition) is 0. The first-order valence-electron chi connectivity index (χ1n) is 22.0. The van der Waals surface area contributed by atoms with Crippen LogP contribution < -0.4 is 0 Å². The van der Waals surface area contributed by atoms with E-state index in [4.69, 9.17) is 11.2 Å². The van der Waals surface area contributed by atoms with Gasteiger partial charge in [-0.1, -0.05) is 187 Å². The first-order chi connectivity index (χ1) is 22.3. The summed E-state index contributed by atoms with van der Waals surface area (Å²) in [5.41, 5.74) is 0. The van der Waals surface area contributed by atoms with Gasteiger partial charge in [0.1, 0.15) is 0 Å². The second-order valence-corrected chi connectivity index (χ2v) is 27.1. The van der Waals surface area contributed by atoms with Crippen LogP contribution in [0, 0.1) is 0 Å². The van der Waals surface area contributed by atoms with Gasteiger partial charge in [-0.3, -0.25) is 0 Å². The van der Waals surface area contributed by atoms with E-state index in [2.05, 4.69) is 26.9 Å². The number of hydrogen-bond donors (Lipinski definition) is 0. The molecule has 0 atom stereocenters. The normalized spacial score (nSPS) is 12.9. The molecule has 0 nitrogen and oxygen atoms in total. The van der Waals surface area contributed by atoms with Gasteiger partial charge >= 0.3 is 114 Å². The summed E-state index contributed by atoms with van der Waals surface area (Å²) in [6.45, 7) is 9.18. The van der Waals surface area contributed by atoms with Gasteiger partial charge in [-0.15, -0.1) is 0 Å². The minimum atomic E-state index is -1.77. The van der Waals surface area contributed by atoms with E-state index in [0.29, 0.717) is 0 Å². The van der Waals surface area contributed by atoms with E-state index in [0.717, 1.165) is 0 Å². The van der Waals surface area contributed by atoms with Crippen LogP contribution in [0.4, 0.5) is 0 Å². The average molecular weight is 688 g/mol. The van der Waals surface area contributed by atoms with Crippen molar-refractivity contribution >= 4 is 17.2 Å². The molecule has 0 aromatic heterocycles. The Morgan fingerprint density at radius 2 is 0.370 bits per heavy atom. The van der Waals surface area contributed by atoms with Gasteiger partial charge in [-0.2, -0.15) is 0 Å². The Morgan fingerprint density at radius 3 is 0.500 bits per heavy atom. The van der Waals surface area contributed by atoms with E-state index in [-0.39, 0.29) is 0 Å². The Hall–Kier alpha value is 0.720. The summed E-state index contributed by atoms with van der Waals surface area (Å²) in [6.07, 6.45) is 58.7. The molecule has 0 heterocycles. The van der Waals surface area contributed by atoms with Crippen LogP contribution in [0.5, 0.6) is 0 Å². The number of unbranched alkanes of at least 4 members (excludes halogenated alkanes) is 38.